The quantitative estimate of drug-likeness (QED) is 0.577. The van der Waals surface area contributed by atoms with E-state index in [1.165, 1.54) is 25.0 Å². The van der Waals surface area contributed by atoms with Crippen LogP contribution in [0.2, 0.25) is 0 Å². The van der Waals surface area contributed by atoms with E-state index in [0.717, 1.165) is 31.6 Å². The van der Waals surface area contributed by atoms with Gasteiger partial charge >= 0.3 is 0 Å². The van der Waals surface area contributed by atoms with Gasteiger partial charge in [-0.3, -0.25) is 9.63 Å². The number of hydrogen-bond donors (Lipinski definition) is 2. The maximum atomic E-state index is 11.9. The molecule has 5 heteroatoms. The molecule has 2 fully saturated rings. The summed E-state index contributed by atoms with van der Waals surface area (Å²) in [6.07, 6.45) is 7.47. The van der Waals surface area contributed by atoms with Gasteiger partial charge in [-0.1, -0.05) is 12.8 Å². The second-order valence-corrected chi connectivity index (χ2v) is 6.70. The first kappa shape index (κ1) is 15.7. The Morgan fingerprint density at radius 1 is 1.25 bits per heavy atom. The van der Waals surface area contributed by atoms with Crippen molar-refractivity contribution in [2.24, 2.45) is 11.3 Å². The third kappa shape index (κ3) is 4.17. The number of amides is 1. The molecule has 20 heavy (non-hydrogen) atoms. The molecule has 1 amide bonds. The van der Waals surface area contributed by atoms with Gasteiger partial charge in [0.05, 0.1) is 7.11 Å². The van der Waals surface area contributed by atoms with Crippen LogP contribution in [0.25, 0.3) is 0 Å². The second kappa shape index (κ2) is 6.00. The van der Waals surface area contributed by atoms with Gasteiger partial charge in [0.15, 0.2) is 5.79 Å². The van der Waals surface area contributed by atoms with E-state index in [0.29, 0.717) is 19.3 Å². The van der Waals surface area contributed by atoms with Gasteiger partial charge in [-0.25, -0.2) is 5.06 Å². The van der Waals surface area contributed by atoms with Crippen LogP contribution in [0.5, 0.6) is 0 Å². The van der Waals surface area contributed by atoms with Crippen molar-refractivity contribution in [3.8, 4) is 0 Å². The van der Waals surface area contributed by atoms with Crippen molar-refractivity contribution in [1.29, 1.82) is 0 Å². The van der Waals surface area contributed by atoms with E-state index in [1.54, 1.807) is 7.05 Å². The van der Waals surface area contributed by atoms with Gasteiger partial charge < -0.3 is 10.2 Å². The smallest absolute Gasteiger partial charge is 0.245 e. The third-order valence-electron chi connectivity index (χ3n) is 5.02. The van der Waals surface area contributed by atoms with E-state index >= 15 is 0 Å². The first-order chi connectivity index (χ1) is 9.36. The molecule has 0 aromatic rings. The van der Waals surface area contributed by atoms with E-state index in [-0.39, 0.29) is 11.3 Å². The maximum Gasteiger partial charge on any atom is 0.245 e. The molecule has 0 radical (unpaired) electrons. The number of carbonyl (C=O) groups excluding carboxylic acids is 1. The summed E-state index contributed by atoms with van der Waals surface area (Å²) >= 11 is 0. The molecule has 0 aliphatic heterocycles. The van der Waals surface area contributed by atoms with Crippen LogP contribution < -0.4 is 0 Å². The summed E-state index contributed by atoms with van der Waals surface area (Å²) in [4.78, 5) is 16.8. The number of rotatable bonds is 6. The fraction of sp³-hybridized carbons (Fsp3) is 0.933. The van der Waals surface area contributed by atoms with Crippen LogP contribution in [-0.4, -0.2) is 41.1 Å². The lowest BCUT2D eigenvalue weighted by atomic mass is 9.66. The zero-order valence-corrected chi connectivity index (χ0v) is 12.6. The Bertz CT molecular complexity index is 342. The predicted molar refractivity (Wildman–Crippen MR) is 74.4 cm³/mol. The fourth-order valence-electron chi connectivity index (χ4n) is 3.30. The van der Waals surface area contributed by atoms with E-state index in [4.69, 9.17) is 4.84 Å². The molecule has 0 bridgehead atoms. The zero-order chi connectivity index (χ0) is 14.8. The molecule has 116 valence electrons. The molecule has 2 saturated carbocycles. The van der Waals surface area contributed by atoms with Gasteiger partial charge in [0.1, 0.15) is 0 Å². The number of nitrogens with zero attached hydrogens (tertiary/aromatic N) is 1. The Balaban J connectivity index is 1.92. The SMILES string of the molecule is CON(C)C(=O)CCC1(CC2CC2)CCC(O)(O)CC1. The summed E-state index contributed by atoms with van der Waals surface area (Å²) in [5, 5.41) is 20.7. The van der Waals surface area contributed by atoms with Gasteiger partial charge in [0.2, 0.25) is 5.91 Å². The van der Waals surface area contributed by atoms with Crippen LogP contribution in [0.15, 0.2) is 0 Å². The molecule has 2 rings (SSSR count). The minimum atomic E-state index is -1.50. The van der Waals surface area contributed by atoms with Crippen LogP contribution in [0.1, 0.15) is 57.8 Å². The molecule has 0 saturated heterocycles. The van der Waals surface area contributed by atoms with Crippen molar-refractivity contribution in [2.75, 3.05) is 14.2 Å². The summed E-state index contributed by atoms with van der Waals surface area (Å²) in [5.74, 6) is -0.719. The Hall–Kier alpha value is -0.650. The van der Waals surface area contributed by atoms with Crippen molar-refractivity contribution in [3.63, 3.8) is 0 Å². The summed E-state index contributed by atoms with van der Waals surface area (Å²) in [6, 6.07) is 0. The molecule has 0 unspecified atom stereocenters. The van der Waals surface area contributed by atoms with E-state index in [2.05, 4.69) is 0 Å². The number of hydroxylamine groups is 2. The van der Waals surface area contributed by atoms with Crippen LogP contribution in [-0.2, 0) is 9.63 Å². The highest BCUT2D eigenvalue weighted by atomic mass is 16.7. The van der Waals surface area contributed by atoms with Gasteiger partial charge in [-0.05, 0) is 37.0 Å². The Morgan fingerprint density at radius 3 is 2.35 bits per heavy atom. The average Bonchev–Trinajstić information content (AvgIpc) is 3.22. The number of carbonyl (C=O) groups is 1. The Morgan fingerprint density at radius 2 is 1.85 bits per heavy atom. The van der Waals surface area contributed by atoms with Crippen LogP contribution in [0, 0.1) is 11.3 Å². The topological polar surface area (TPSA) is 70.0 Å². The molecule has 2 N–H and O–H groups in total. The summed E-state index contributed by atoms with van der Waals surface area (Å²) in [6.45, 7) is 0. The summed E-state index contributed by atoms with van der Waals surface area (Å²) in [7, 11) is 3.12. The van der Waals surface area contributed by atoms with Gasteiger partial charge in [-0.15, -0.1) is 0 Å². The fourth-order valence-corrected chi connectivity index (χ4v) is 3.30. The monoisotopic (exact) mass is 285 g/mol. The Labute approximate surface area is 120 Å². The third-order valence-corrected chi connectivity index (χ3v) is 5.02. The average molecular weight is 285 g/mol. The van der Waals surface area contributed by atoms with Crippen LogP contribution in [0.4, 0.5) is 0 Å². The molecular weight excluding hydrogens is 258 g/mol. The largest absolute Gasteiger partial charge is 0.366 e. The van der Waals surface area contributed by atoms with Gasteiger partial charge in [0, 0.05) is 26.3 Å². The molecular formula is C15H27NO4. The molecule has 0 aromatic carbocycles. The van der Waals surface area contributed by atoms with Crippen LogP contribution >= 0.6 is 0 Å². The Kier molecular flexibility index (Phi) is 4.72. The zero-order valence-electron chi connectivity index (χ0n) is 12.6. The number of aliphatic hydroxyl groups is 2. The summed E-state index contributed by atoms with van der Waals surface area (Å²) < 4.78 is 0. The highest BCUT2D eigenvalue weighted by Gasteiger charge is 2.43. The van der Waals surface area contributed by atoms with Gasteiger partial charge in [0.25, 0.3) is 0 Å². The van der Waals surface area contributed by atoms with E-state index in [1.807, 2.05) is 0 Å². The van der Waals surface area contributed by atoms with Crippen molar-refractivity contribution >= 4 is 5.91 Å². The molecule has 0 atom stereocenters. The minimum absolute atomic E-state index is 0.00694. The predicted octanol–water partition coefficient (Wildman–Crippen LogP) is 1.83. The molecule has 2 aliphatic carbocycles. The van der Waals surface area contributed by atoms with Crippen LogP contribution in [0.3, 0.4) is 0 Å². The van der Waals surface area contributed by atoms with E-state index < -0.39 is 5.79 Å². The molecule has 0 heterocycles. The highest BCUT2D eigenvalue weighted by molar-refractivity contribution is 5.74. The van der Waals surface area contributed by atoms with Crippen molar-refractivity contribution in [2.45, 2.75) is 63.6 Å². The van der Waals surface area contributed by atoms with Gasteiger partial charge in [-0.2, -0.15) is 0 Å². The van der Waals surface area contributed by atoms with Crippen molar-refractivity contribution in [3.05, 3.63) is 0 Å². The first-order valence-electron chi connectivity index (χ1n) is 7.61. The normalized spacial score (nSPS) is 24.4. The molecule has 5 nitrogen and oxygen atoms in total. The minimum Gasteiger partial charge on any atom is -0.366 e. The maximum absolute atomic E-state index is 11.9. The van der Waals surface area contributed by atoms with Crippen molar-refractivity contribution in [1.82, 2.24) is 5.06 Å². The lowest BCUT2D eigenvalue weighted by molar-refractivity contribution is -0.197. The molecule has 2 aliphatic rings. The lowest BCUT2D eigenvalue weighted by Crippen LogP contribution is -2.40. The second-order valence-electron chi connectivity index (χ2n) is 6.70. The number of hydrogen-bond acceptors (Lipinski definition) is 4. The van der Waals surface area contributed by atoms with Crippen molar-refractivity contribution < 1.29 is 19.8 Å². The summed E-state index contributed by atoms with van der Waals surface area (Å²) in [5.41, 5.74) is 0.111. The highest BCUT2D eigenvalue weighted by Crippen LogP contribution is 2.51. The molecule has 0 spiro atoms. The standard InChI is InChI=1S/C15H27NO4/c1-16(20-2)13(17)5-6-14(11-12-3-4-12)7-9-15(18,19)10-8-14/h12,18-19H,3-11H2,1-2H3. The first-order valence-corrected chi connectivity index (χ1v) is 7.61. The van der Waals surface area contributed by atoms with E-state index in [9.17, 15) is 15.0 Å². The lowest BCUT2D eigenvalue weighted by Gasteiger charge is -2.42. The molecule has 0 aromatic heterocycles.